The molecule has 4 N–H and O–H groups in total. The van der Waals surface area contributed by atoms with Gasteiger partial charge in [-0.3, -0.25) is 0 Å². The fourth-order valence-corrected chi connectivity index (χ4v) is 4.67. The van der Waals surface area contributed by atoms with Crippen LogP contribution in [0.5, 0.6) is 5.88 Å². The summed E-state index contributed by atoms with van der Waals surface area (Å²) in [6.45, 7) is 4.27. The van der Waals surface area contributed by atoms with Crippen LogP contribution < -0.4 is 21.1 Å². The number of aryl methyl sites for hydroxylation is 1. The van der Waals surface area contributed by atoms with Gasteiger partial charge in [-0.1, -0.05) is 36.4 Å². The third-order valence-electron chi connectivity index (χ3n) is 6.64. The summed E-state index contributed by atoms with van der Waals surface area (Å²) in [4.78, 5) is 16.0. The van der Waals surface area contributed by atoms with E-state index >= 15 is 0 Å². The molecule has 0 aliphatic carbocycles. The first kappa shape index (κ1) is 24.6. The third kappa shape index (κ3) is 4.68. The molecule has 0 spiro atoms. The molecule has 1 fully saturated rings. The van der Waals surface area contributed by atoms with Gasteiger partial charge in [0.15, 0.2) is 23.1 Å². The summed E-state index contributed by atoms with van der Waals surface area (Å²) in [6.07, 6.45) is 0. The molecule has 5 aromatic rings. The number of hydrogen-bond acceptors (Lipinski definition) is 9. The van der Waals surface area contributed by atoms with Gasteiger partial charge in [0, 0.05) is 24.0 Å². The smallest absolute Gasteiger partial charge is 0.227 e. The molecule has 0 unspecified atom stereocenters. The van der Waals surface area contributed by atoms with E-state index < -0.39 is 0 Å². The summed E-state index contributed by atoms with van der Waals surface area (Å²) in [5.74, 6) is 0.588. The first-order chi connectivity index (χ1) is 19.0. The van der Waals surface area contributed by atoms with E-state index in [1.165, 1.54) is 6.07 Å². The molecule has 198 valence electrons. The maximum Gasteiger partial charge on any atom is 0.227 e. The van der Waals surface area contributed by atoms with E-state index in [0.29, 0.717) is 48.8 Å². The number of pyridine rings is 1. The number of benzene rings is 2. The first-order valence-electron chi connectivity index (χ1n) is 12.6. The maximum absolute atomic E-state index is 14.4. The zero-order valence-electron chi connectivity index (χ0n) is 21.3. The highest BCUT2D eigenvalue weighted by molar-refractivity contribution is 5.87. The van der Waals surface area contributed by atoms with E-state index in [9.17, 15) is 4.39 Å². The number of anilines is 3. The largest absolute Gasteiger partial charge is 0.472 e. The Kier molecular flexibility index (Phi) is 6.41. The van der Waals surface area contributed by atoms with Gasteiger partial charge in [0.05, 0.1) is 30.2 Å². The van der Waals surface area contributed by atoms with Crippen molar-refractivity contribution in [1.82, 2.24) is 24.7 Å². The van der Waals surface area contributed by atoms with Crippen molar-refractivity contribution < 1.29 is 13.9 Å². The second-order valence-corrected chi connectivity index (χ2v) is 9.19. The summed E-state index contributed by atoms with van der Waals surface area (Å²) in [7, 11) is 0. The van der Waals surface area contributed by atoms with Gasteiger partial charge in [0.2, 0.25) is 5.88 Å². The number of fused-ring (bicyclic) bond motifs is 1. The van der Waals surface area contributed by atoms with E-state index in [0.717, 1.165) is 16.8 Å². The monoisotopic (exact) mass is 526 g/mol. The predicted octanol–water partition coefficient (Wildman–Crippen LogP) is 3.91. The number of morpholine rings is 1. The number of para-hydroxylation sites is 1. The van der Waals surface area contributed by atoms with Crippen LogP contribution in [0, 0.1) is 12.7 Å². The van der Waals surface area contributed by atoms with Gasteiger partial charge in [0.1, 0.15) is 18.1 Å². The van der Waals surface area contributed by atoms with Crippen molar-refractivity contribution >= 4 is 28.4 Å². The van der Waals surface area contributed by atoms with Crippen molar-refractivity contribution in [1.29, 1.82) is 0 Å². The molecule has 0 radical (unpaired) electrons. The SMILES string of the molecule is Cc1nn(-c2ccccc2)c2nc(OCc3ccccc3F)c(-c3nc(N)c(N4CCOCC4)c(N)n3)cc12. The molecule has 0 amide bonds. The fourth-order valence-electron chi connectivity index (χ4n) is 4.67. The van der Waals surface area contributed by atoms with Crippen LogP contribution in [0.25, 0.3) is 28.1 Å². The molecule has 0 atom stereocenters. The van der Waals surface area contributed by atoms with E-state index in [1.807, 2.05) is 48.2 Å². The van der Waals surface area contributed by atoms with Crippen molar-refractivity contribution in [3.63, 3.8) is 0 Å². The van der Waals surface area contributed by atoms with Crippen molar-refractivity contribution in [2.24, 2.45) is 0 Å². The minimum Gasteiger partial charge on any atom is -0.472 e. The summed E-state index contributed by atoms with van der Waals surface area (Å²) < 4.78 is 27.7. The number of nitrogens with zero attached hydrogens (tertiary/aromatic N) is 6. The van der Waals surface area contributed by atoms with Crippen LogP contribution in [0.3, 0.4) is 0 Å². The molecule has 0 saturated carbocycles. The standard InChI is InChI=1S/C28H27FN8O2/c1-17-20-15-21(26-32-24(30)23(25(31)33-26)36-11-13-38-14-12-36)28(39-16-18-7-5-6-10-22(18)29)34-27(20)37(35-17)19-8-3-2-4-9-19/h2-10,15H,11-14,16H2,1H3,(H4,30,31,32,33). The van der Waals surface area contributed by atoms with Crippen LogP contribution >= 0.6 is 0 Å². The van der Waals surface area contributed by atoms with Crippen LogP contribution in [0.1, 0.15) is 11.3 Å². The lowest BCUT2D eigenvalue weighted by atomic mass is 10.1. The van der Waals surface area contributed by atoms with Crippen LogP contribution in [0.4, 0.5) is 21.7 Å². The summed E-state index contributed by atoms with van der Waals surface area (Å²) in [6, 6.07) is 18.0. The van der Waals surface area contributed by atoms with Gasteiger partial charge in [-0.25, -0.2) is 19.0 Å². The maximum atomic E-state index is 14.4. The number of nitrogens with two attached hydrogens (primary N) is 2. The Labute approximate surface area is 224 Å². The first-order valence-corrected chi connectivity index (χ1v) is 12.6. The topological polar surface area (TPSA) is 130 Å². The van der Waals surface area contributed by atoms with E-state index in [2.05, 4.69) is 9.97 Å². The van der Waals surface area contributed by atoms with E-state index in [1.54, 1.807) is 22.9 Å². The molecular weight excluding hydrogens is 499 g/mol. The van der Waals surface area contributed by atoms with Crippen molar-refractivity contribution in [2.45, 2.75) is 13.5 Å². The van der Waals surface area contributed by atoms with Gasteiger partial charge in [-0.05, 0) is 31.2 Å². The van der Waals surface area contributed by atoms with Gasteiger partial charge in [0.25, 0.3) is 0 Å². The Morgan fingerprint density at radius 3 is 2.36 bits per heavy atom. The van der Waals surface area contributed by atoms with Crippen molar-refractivity contribution in [3.8, 4) is 23.0 Å². The minimum atomic E-state index is -0.370. The Bertz CT molecular complexity index is 1630. The van der Waals surface area contributed by atoms with Gasteiger partial charge >= 0.3 is 0 Å². The van der Waals surface area contributed by atoms with Crippen LogP contribution in [-0.2, 0) is 11.3 Å². The quantitative estimate of drug-likeness (QED) is 0.338. The number of rotatable bonds is 6. The van der Waals surface area contributed by atoms with Gasteiger partial charge < -0.3 is 25.8 Å². The highest BCUT2D eigenvalue weighted by Gasteiger charge is 2.24. The Balaban J connectivity index is 1.48. The van der Waals surface area contributed by atoms with Gasteiger partial charge in [-0.2, -0.15) is 10.1 Å². The minimum absolute atomic E-state index is 0.0482. The molecule has 4 heterocycles. The normalized spacial score (nSPS) is 13.6. The second kappa shape index (κ2) is 10.2. The van der Waals surface area contributed by atoms with Crippen molar-refractivity contribution in [3.05, 3.63) is 77.7 Å². The molecule has 3 aromatic heterocycles. The lowest BCUT2D eigenvalue weighted by Gasteiger charge is -2.30. The summed E-state index contributed by atoms with van der Waals surface area (Å²) >= 11 is 0. The average Bonchev–Trinajstić information content (AvgIpc) is 3.28. The zero-order chi connectivity index (χ0) is 26.9. The lowest BCUT2D eigenvalue weighted by Crippen LogP contribution is -2.37. The summed E-state index contributed by atoms with van der Waals surface area (Å²) in [5.41, 5.74) is 16.4. The molecule has 10 nitrogen and oxygen atoms in total. The zero-order valence-corrected chi connectivity index (χ0v) is 21.3. The second-order valence-electron chi connectivity index (χ2n) is 9.19. The highest BCUT2D eigenvalue weighted by atomic mass is 19.1. The predicted molar refractivity (Wildman–Crippen MR) is 147 cm³/mol. The van der Waals surface area contributed by atoms with Crippen LogP contribution in [-0.4, -0.2) is 51.0 Å². The molecule has 0 bridgehead atoms. The highest BCUT2D eigenvalue weighted by Crippen LogP contribution is 2.36. The van der Waals surface area contributed by atoms with Crippen LogP contribution in [0.2, 0.25) is 0 Å². The number of nitrogen functional groups attached to an aromatic ring is 2. The van der Waals surface area contributed by atoms with E-state index in [4.69, 9.17) is 31.0 Å². The average molecular weight is 527 g/mol. The van der Waals surface area contributed by atoms with Gasteiger partial charge in [-0.15, -0.1) is 0 Å². The molecule has 39 heavy (non-hydrogen) atoms. The molecule has 1 aliphatic rings. The molecule has 11 heteroatoms. The molecule has 6 rings (SSSR count). The van der Waals surface area contributed by atoms with Crippen LogP contribution in [0.15, 0.2) is 60.7 Å². The fraction of sp³-hybridized carbons (Fsp3) is 0.214. The summed E-state index contributed by atoms with van der Waals surface area (Å²) in [5, 5.41) is 5.49. The van der Waals surface area contributed by atoms with E-state index in [-0.39, 0.29) is 35.8 Å². The molecule has 2 aromatic carbocycles. The number of aromatic nitrogens is 5. The number of halogens is 1. The van der Waals surface area contributed by atoms with Crippen molar-refractivity contribution in [2.75, 3.05) is 42.7 Å². The number of ether oxygens (including phenoxy) is 2. The Morgan fingerprint density at radius 1 is 0.949 bits per heavy atom. The Morgan fingerprint density at radius 2 is 1.64 bits per heavy atom. The third-order valence-corrected chi connectivity index (χ3v) is 6.64. The molecular formula is C28H27FN8O2. The molecule has 1 saturated heterocycles. The molecule has 1 aliphatic heterocycles. The Hall–Kier alpha value is -4.77. The lowest BCUT2D eigenvalue weighted by molar-refractivity contribution is 0.123. The number of hydrogen-bond donors (Lipinski definition) is 2.